The Kier molecular flexibility index (Phi) is 4.77. The monoisotopic (exact) mass is 388 g/mol. The van der Waals surface area contributed by atoms with Crippen molar-refractivity contribution in [3.63, 3.8) is 0 Å². The van der Waals surface area contributed by atoms with Gasteiger partial charge in [0.2, 0.25) is 0 Å². The van der Waals surface area contributed by atoms with Crippen LogP contribution in [-0.2, 0) is 10.9 Å². The van der Waals surface area contributed by atoms with E-state index < -0.39 is 11.7 Å². The smallest absolute Gasteiger partial charge is 0.418 e. The Hall–Kier alpha value is -2.93. The second-order valence-corrected chi connectivity index (χ2v) is 6.48. The molecule has 0 bridgehead atoms. The van der Waals surface area contributed by atoms with Gasteiger partial charge in [-0.25, -0.2) is 0 Å². The van der Waals surface area contributed by atoms with E-state index in [-0.39, 0.29) is 11.9 Å². The molecule has 0 radical (unpaired) electrons. The van der Waals surface area contributed by atoms with E-state index in [0.29, 0.717) is 13.2 Å². The summed E-state index contributed by atoms with van der Waals surface area (Å²) in [7, 11) is 1.61. The van der Waals surface area contributed by atoms with Crippen molar-refractivity contribution in [2.75, 3.05) is 25.2 Å². The SMILES string of the molecule is COc1ccc(N2CCOC2c2ccn(-c3ccccc3C(F)(F)F)c2)cc1. The van der Waals surface area contributed by atoms with E-state index >= 15 is 0 Å². The Balaban J connectivity index is 1.64. The Morgan fingerprint density at radius 2 is 1.79 bits per heavy atom. The average Bonchev–Trinajstić information content (AvgIpc) is 3.37. The largest absolute Gasteiger partial charge is 0.497 e. The van der Waals surface area contributed by atoms with Crippen LogP contribution in [-0.4, -0.2) is 24.8 Å². The van der Waals surface area contributed by atoms with Crippen LogP contribution in [0.15, 0.2) is 67.0 Å². The molecule has 2 heterocycles. The summed E-state index contributed by atoms with van der Waals surface area (Å²) in [5, 5.41) is 0. The van der Waals surface area contributed by atoms with Crippen molar-refractivity contribution in [2.24, 2.45) is 0 Å². The fraction of sp³-hybridized carbons (Fsp3) is 0.238. The zero-order chi connectivity index (χ0) is 19.7. The van der Waals surface area contributed by atoms with Gasteiger partial charge in [-0.05, 0) is 42.5 Å². The maximum atomic E-state index is 13.3. The topological polar surface area (TPSA) is 26.6 Å². The summed E-state index contributed by atoms with van der Waals surface area (Å²) in [4.78, 5) is 2.08. The van der Waals surface area contributed by atoms with Crippen LogP contribution in [0, 0.1) is 0 Å². The number of halogens is 3. The molecule has 1 aliphatic heterocycles. The number of anilines is 1. The summed E-state index contributed by atoms with van der Waals surface area (Å²) in [5.41, 5.74) is 1.18. The average molecular weight is 388 g/mol. The standard InChI is InChI=1S/C21H19F3N2O2/c1-27-17-8-6-16(7-9-17)26-12-13-28-20(26)15-10-11-25(14-15)19-5-3-2-4-18(19)21(22,23)24/h2-11,14,20H,12-13H2,1H3. The summed E-state index contributed by atoms with van der Waals surface area (Å²) in [6, 6.07) is 15.0. The molecule has 2 aromatic carbocycles. The van der Waals surface area contributed by atoms with E-state index in [1.54, 1.807) is 31.6 Å². The number of nitrogens with zero attached hydrogens (tertiary/aromatic N) is 2. The number of ether oxygens (including phenoxy) is 2. The number of rotatable bonds is 4. The van der Waals surface area contributed by atoms with Gasteiger partial charge in [0.15, 0.2) is 6.23 Å². The highest BCUT2D eigenvalue weighted by molar-refractivity contribution is 5.52. The lowest BCUT2D eigenvalue weighted by atomic mass is 10.1. The first-order chi connectivity index (χ1) is 13.5. The van der Waals surface area contributed by atoms with Gasteiger partial charge < -0.3 is 18.9 Å². The van der Waals surface area contributed by atoms with E-state index in [2.05, 4.69) is 4.90 Å². The van der Waals surface area contributed by atoms with Gasteiger partial charge in [-0.3, -0.25) is 0 Å². The van der Waals surface area contributed by atoms with Crippen LogP contribution in [0.3, 0.4) is 0 Å². The number of methoxy groups -OCH3 is 1. The molecule has 0 amide bonds. The molecule has 1 aliphatic rings. The van der Waals surface area contributed by atoms with Crippen molar-refractivity contribution in [2.45, 2.75) is 12.4 Å². The van der Waals surface area contributed by atoms with Gasteiger partial charge in [0, 0.05) is 30.2 Å². The Morgan fingerprint density at radius 1 is 1.04 bits per heavy atom. The maximum Gasteiger partial charge on any atom is 0.418 e. The van der Waals surface area contributed by atoms with Gasteiger partial charge in [-0.2, -0.15) is 13.2 Å². The quantitative estimate of drug-likeness (QED) is 0.627. The maximum absolute atomic E-state index is 13.3. The lowest BCUT2D eigenvalue weighted by molar-refractivity contribution is -0.137. The van der Waals surface area contributed by atoms with Crippen molar-refractivity contribution >= 4 is 5.69 Å². The van der Waals surface area contributed by atoms with Crippen LogP contribution in [0.4, 0.5) is 18.9 Å². The minimum Gasteiger partial charge on any atom is -0.497 e. The van der Waals surface area contributed by atoms with Crippen molar-refractivity contribution in [1.29, 1.82) is 0 Å². The highest BCUT2D eigenvalue weighted by Gasteiger charge is 2.34. The third-order valence-electron chi connectivity index (χ3n) is 4.78. The van der Waals surface area contributed by atoms with E-state index in [9.17, 15) is 13.2 Å². The van der Waals surface area contributed by atoms with Crippen LogP contribution in [0.5, 0.6) is 5.75 Å². The fourth-order valence-electron chi connectivity index (χ4n) is 3.43. The summed E-state index contributed by atoms with van der Waals surface area (Å²) >= 11 is 0. The second kappa shape index (κ2) is 7.24. The van der Waals surface area contributed by atoms with Crippen molar-refractivity contribution in [3.8, 4) is 11.4 Å². The van der Waals surface area contributed by atoms with Gasteiger partial charge in [0.1, 0.15) is 5.75 Å². The third kappa shape index (κ3) is 3.45. The summed E-state index contributed by atoms with van der Waals surface area (Å²) in [6.07, 6.45) is -1.45. The van der Waals surface area contributed by atoms with Crippen LogP contribution in [0.1, 0.15) is 17.4 Å². The first-order valence-corrected chi connectivity index (χ1v) is 8.84. The van der Waals surface area contributed by atoms with E-state index in [1.807, 2.05) is 24.3 Å². The Labute approximate surface area is 160 Å². The van der Waals surface area contributed by atoms with Crippen LogP contribution >= 0.6 is 0 Å². The minimum absolute atomic E-state index is 0.0928. The second-order valence-electron chi connectivity index (χ2n) is 6.48. The van der Waals surface area contributed by atoms with Gasteiger partial charge in [-0.15, -0.1) is 0 Å². The molecule has 0 N–H and O–H groups in total. The molecule has 146 valence electrons. The first-order valence-electron chi connectivity index (χ1n) is 8.84. The molecule has 0 aliphatic carbocycles. The van der Waals surface area contributed by atoms with E-state index in [4.69, 9.17) is 9.47 Å². The van der Waals surface area contributed by atoms with Gasteiger partial charge in [0.25, 0.3) is 0 Å². The van der Waals surface area contributed by atoms with Gasteiger partial charge >= 0.3 is 6.18 Å². The normalized spacial score (nSPS) is 17.1. The van der Waals surface area contributed by atoms with E-state index in [1.165, 1.54) is 16.7 Å². The lowest BCUT2D eigenvalue weighted by Crippen LogP contribution is -2.22. The lowest BCUT2D eigenvalue weighted by Gasteiger charge is -2.24. The molecular formula is C21H19F3N2O2. The zero-order valence-corrected chi connectivity index (χ0v) is 15.2. The van der Waals surface area contributed by atoms with Gasteiger partial charge in [0.05, 0.1) is 25.0 Å². The van der Waals surface area contributed by atoms with Crippen LogP contribution in [0.25, 0.3) is 5.69 Å². The number of alkyl halides is 3. The van der Waals surface area contributed by atoms with Crippen molar-refractivity contribution in [3.05, 3.63) is 78.1 Å². The van der Waals surface area contributed by atoms with Crippen LogP contribution in [0.2, 0.25) is 0 Å². The third-order valence-corrected chi connectivity index (χ3v) is 4.78. The van der Waals surface area contributed by atoms with Crippen LogP contribution < -0.4 is 9.64 Å². The first kappa shape index (κ1) is 18.4. The molecule has 4 rings (SSSR count). The summed E-state index contributed by atoms with van der Waals surface area (Å²) < 4.78 is 52.5. The molecule has 0 spiro atoms. The predicted octanol–water partition coefficient (Wildman–Crippen LogP) is 5.04. The number of para-hydroxylation sites is 1. The summed E-state index contributed by atoms with van der Waals surface area (Å²) in [6.45, 7) is 1.24. The number of hydrogen-bond donors (Lipinski definition) is 0. The number of aromatic nitrogens is 1. The molecule has 1 aromatic heterocycles. The number of hydrogen-bond acceptors (Lipinski definition) is 3. The highest BCUT2D eigenvalue weighted by Crippen LogP contribution is 2.36. The molecule has 3 aromatic rings. The molecule has 1 unspecified atom stereocenters. The summed E-state index contributed by atoms with van der Waals surface area (Å²) in [5.74, 6) is 0.760. The highest BCUT2D eigenvalue weighted by atomic mass is 19.4. The molecule has 1 atom stereocenters. The number of benzene rings is 2. The molecular weight excluding hydrogens is 369 g/mol. The zero-order valence-electron chi connectivity index (χ0n) is 15.2. The molecule has 1 saturated heterocycles. The van der Waals surface area contributed by atoms with Crippen molar-refractivity contribution in [1.82, 2.24) is 4.57 Å². The molecule has 28 heavy (non-hydrogen) atoms. The fourth-order valence-corrected chi connectivity index (χ4v) is 3.43. The molecule has 0 saturated carbocycles. The van der Waals surface area contributed by atoms with Gasteiger partial charge in [-0.1, -0.05) is 12.1 Å². The predicted molar refractivity (Wildman–Crippen MR) is 99.8 cm³/mol. The van der Waals surface area contributed by atoms with Crippen molar-refractivity contribution < 1.29 is 22.6 Å². The molecule has 7 heteroatoms. The molecule has 1 fully saturated rings. The van der Waals surface area contributed by atoms with E-state index in [0.717, 1.165) is 23.1 Å². The Morgan fingerprint density at radius 3 is 2.50 bits per heavy atom. The minimum atomic E-state index is -4.42. The molecule has 4 nitrogen and oxygen atoms in total. The Bertz CT molecular complexity index is 951.